The summed E-state index contributed by atoms with van der Waals surface area (Å²) in [4.78, 5) is 18.2. The van der Waals surface area contributed by atoms with E-state index in [0.29, 0.717) is 0 Å². The molecule has 1 aliphatic carbocycles. The molecule has 5 heteroatoms. The zero-order chi connectivity index (χ0) is 15.6. The molecule has 2 aromatic heterocycles. The Labute approximate surface area is 138 Å². The third kappa shape index (κ3) is 2.68. The van der Waals surface area contributed by atoms with Gasteiger partial charge in [0, 0.05) is 23.1 Å². The number of hydrogen-bond acceptors (Lipinski definition) is 3. The van der Waals surface area contributed by atoms with E-state index in [-0.39, 0.29) is 11.8 Å². The standard InChI is InChI=1S/C18H17N3OS/c22-17(14-9-5-2-6-10-14)20-16-15(13-7-3-1-4-8-13)19-18-21(16)11-12-23-18/h1-5,7-8,11-12,14H,6,9-10H2,(H,20,22). The van der Waals surface area contributed by atoms with Gasteiger partial charge < -0.3 is 5.32 Å². The van der Waals surface area contributed by atoms with Crippen molar-refractivity contribution in [3.05, 3.63) is 54.1 Å². The molecular weight excluding hydrogens is 306 g/mol. The van der Waals surface area contributed by atoms with Gasteiger partial charge in [-0.3, -0.25) is 9.20 Å². The molecule has 0 fully saturated rings. The Balaban J connectivity index is 1.71. The van der Waals surface area contributed by atoms with Crippen molar-refractivity contribution in [3.63, 3.8) is 0 Å². The molecule has 2 heterocycles. The highest BCUT2D eigenvalue weighted by atomic mass is 32.1. The molecular formula is C18H17N3OS. The minimum atomic E-state index is 0.0489. The van der Waals surface area contributed by atoms with Crippen LogP contribution >= 0.6 is 11.3 Å². The van der Waals surface area contributed by atoms with E-state index in [0.717, 1.165) is 41.3 Å². The van der Waals surface area contributed by atoms with Gasteiger partial charge in [0.15, 0.2) is 4.96 Å². The second kappa shape index (κ2) is 6.01. The minimum absolute atomic E-state index is 0.0489. The number of nitrogens with one attached hydrogen (secondary N) is 1. The SMILES string of the molecule is O=C(Nc1c(-c2ccccc2)nc2sccn12)C1CC=CCC1. The largest absolute Gasteiger partial charge is 0.310 e. The number of hydrogen-bond donors (Lipinski definition) is 1. The Morgan fingerprint density at radius 2 is 2.13 bits per heavy atom. The van der Waals surface area contributed by atoms with Crippen molar-refractivity contribution in [2.45, 2.75) is 19.3 Å². The maximum Gasteiger partial charge on any atom is 0.228 e. The smallest absolute Gasteiger partial charge is 0.228 e. The van der Waals surface area contributed by atoms with E-state index >= 15 is 0 Å². The van der Waals surface area contributed by atoms with E-state index in [1.807, 2.05) is 46.3 Å². The lowest BCUT2D eigenvalue weighted by Crippen LogP contribution is -2.24. The van der Waals surface area contributed by atoms with Crippen LogP contribution in [0.4, 0.5) is 5.82 Å². The Bertz CT molecular complexity index is 863. The van der Waals surface area contributed by atoms with Gasteiger partial charge in [-0.2, -0.15) is 0 Å². The second-order valence-electron chi connectivity index (χ2n) is 5.70. The maximum atomic E-state index is 12.6. The fourth-order valence-electron chi connectivity index (χ4n) is 2.95. The van der Waals surface area contributed by atoms with E-state index in [4.69, 9.17) is 4.98 Å². The summed E-state index contributed by atoms with van der Waals surface area (Å²) in [6, 6.07) is 9.99. The monoisotopic (exact) mass is 323 g/mol. The third-order valence-electron chi connectivity index (χ3n) is 4.19. The molecule has 3 aromatic rings. The van der Waals surface area contributed by atoms with Crippen molar-refractivity contribution < 1.29 is 4.79 Å². The summed E-state index contributed by atoms with van der Waals surface area (Å²) in [7, 11) is 0. The molecule has 116 valence electrons. The number of thiazole rings is 1. The molecule has 0 saturated carbocycles. The Kier molecular flexibility index (Phi) is 3.71. The average molecular weight is 323 g/mol. The van der Waals surface area contributed by atoms with Gasteiger partial charge in [-0.15, -0.1) is 11.3 Å². The maximum absolute atomic E-state index is 12.6. The van der Waals surface area contributed by atoms with Crippen LogP contribution in [0.15, 0.2) is 54.1 Å². The first kappa shape index (κ1) is 14.2. The molecule has 0 radical (unpaired) electrons. The van der Waals surface area contributed by atoms with Crippen LogP contribution in [0.2, 0.25) is 0 Å². The molecule has 4 rings (SSSR count). The fourth-order valence-corrected chi connectivity index (χ4v) is 3.67. The van der Waals surface area contributed by atoms with Crippen LogP contribution in [-0.4, -0.2) is 15.3 Å². The van der Waals surface area contributed by atoms with Gasteiger partial charge in [0.05, 0.1) is 0 Å². The highest BCUT2D eigenvalue weighted by Gasteiger charge is 2.22. The Hall–Kier alpha value is -2.40. The summed E-state index contributed by atoms with van der Waals surface area (Å²) in [6.07, 6.45) is 8.91. The van der Waals surface area contributed by atoms with Gasteiger partial charge in [-0.25, -0.2) is 4.98 Å². The van der Waals surface area contributed by atoms with Crippen LogP contribution in [0.5, 0.6) is 0 Å². The van der Waals surface area contributed by atoms with Crippen molar-refractivity contribution in [3.8, 4) is 11.3 Å². The number of benzene rings is 1. The topological polar surface area (TPSA) is 46.4 Å². The molecule has 1 aliphatic rings. The van der Waals surface area contributed by atoms with Crippen LogP contribution in [0.1, 0.15) is 19.3 Å². The van der Waals surface area contributed by atoms with E-state index in [1.54, 1.807) is 11.3 Å². The van der Waals surface area contributed by atoms with Crippen LogP contribution in [0, 0.1) is 5.92 Å². The van der Waals surface area contributed by atoms with Crippen molar-refractivity contribution in [2.24, 2.45) is 5.92 Å². The summed E-state index contributed by atoms with van der Waals surface area (Å²) in [5, 5.41) is 5.10. The normalized spacial score (nSPS) is 17.5. The van der Waals surface area contributed by atoms with Crippen LogP contribution < -0.4 is 5.32 Å². The lowest BCUT2D eigenvalue weighted by atomic mass is 9.93. The van der Waals surface area contributed by atoms with E-state index in [9.17, 15) is 4.79 Å². The number of nitrogens with zero attached hydrogens (tertiary/aromatic N) is 2. The number of aromatic nitrogens is 2. The molecule has 4 nitrogen and oxygen atoms in total. The lowest BCUT2D eigenvalue weighted by Gasteiger charge is -2.17. The summed E-state index contributed by atoms with van der Waals surface area (Å²) in [5.41, 5.74) is 1.85. The first-order valence-electron chi connectivity index (χ1n) is 7.80. The summed E-state index contributed by atoms with van der Waals surface area (Å²) in [6.45, 7) is 0. The fraction of sp³-hybridized carbons (Fsp3) is 0.222. The molecule has 23 heavy (non-hydrogen) atoms. The van der Waals surface area contributed by atoms with E-state index in [2.05, 4.69) is 17.5 Å². The quantitative estimate of drug-likeness (QED) is 0.728. The minimum Gasteiger partial charge on any atom is -0.310 e. The number of carbonyl (C=O) groups excluding carboxylic acids is 1. The number of allylic oxidation sites excluding steroid dienone is 2. The number of carbonyl (C=O) groups is 1. The van der Waals surface area contributed by atoms with Crippen molar-refractivity contribution >= 4 is 28.0 Å². The molecule has 1 amide bonds. The van der Waals surface area contributed by atoms with Crippen LogP contribution in [0.3, 0.4) is 0 Å². The highest BCUT2D eigenvalue weighted by molar-refractivity contribution is 7.15. The van der Waals surface area contributed by atoms with Crippen LogP contribution in [0.25, 0.3) is 16.2 Å². The van der Waals surface area contributed by atoms with Gasteiger partial charge in [0.25, 0.3) is 0 Å². The van der Waals surface area contributed by atoms with E-state index < -0.39 is 0 Å². The summed E-state index contributed by atoms with van der Waals surface area (Å²) >= 11 is 1.57. The van der Waals surface area contributed by atoms with Crippen molar-refractivity contribution in [1.29, 1.82) is 0 Å². The number of fused-ring (bicyclic) bond motifs is 1. The highest BCUT2D eigenvalue weighted by Crippen LogP contribution is 2.31. The molecule has 0 bridgehead atoms. The summed E-state index contributed by atoms with van der Waals surface area (Å²) in [5.74, 6) is 0.902. The predicted molar refractivity (Wildman–Crippen MR) is 93.6 cm³/mol. The third-order valence-corrected chi connectivity index (χ3v) is 4.95. The average Bonchev–Trinajstić information content (AvgIpc) is 3.19. The van der Waals surface area contributed by atoms with Crippen LogP contribution in [-0.2, 0) is 4.79 Å². The number of anilines is 1. The first-order chi connectivity index (χ1) is 11.3. The first-order valence-corrected chi connectivity index (χ1v) is 8.68. The van der Waals surface area contributed by atoms with Gasteiger partial charge in [0.1, 0.15) is 11.5 Å². The van der Waals surface area contributed by atoms with Gasteiger partial charge in [-0.05, 0) is 19.3 Å². The molecule has 0 spiro atoms. The number of amides is 1. The molecule has 1 atom stereocenters. The zero-order valence-corrected chi connectivity index (χ0v) is 13.4. The zero-order valence-electron chi connectivity index (χ0n) is 12.6. The lowest BCUT2D eigenvalue weighted by molar-refractivity contribution is -0.120. The molecule has 1 N–H and O–H groups in total. The molecule has 0 aliphatic heterocycles. The van der Waals surface area contributed by atoms with Crippen molar-refractivity contribution in [2.75, 3.05) is 5.32 Å². The summed E-state index contributed by atoms with van der Waals surface area (Å²) < 4.78 is 1.96. The second-order valence-corrected chi connectivity index (χ2v) is 6.57. The van der Waals surface area contributed by atoms with Crippen molar-refractivity contribution in [1.82, 2.24) is 9.38 Å². The Morgan fingerprint density at radius 1 is 1.26 bits per heavy atom. The molecule has 1 unspecified atom stereocenters. The van der Waals surface area contributed by atoms with Gasteiger partial charge in [0.2, 0.25) is 5.91 Å². The predicted octanol–water partition coefficient (Wildman–Crippen LogP) is 4.36. The van der Waals surface area contributed by atoms with E-state index in [1.165, 1.54) is 0 Å². The van der Waals surface area contributed by atoms with Gasteiger partial charge in [-0.1, -0.05) is 42.5 Å². The number of rotatable bonds is 3. The van der Waals surface area contributed by atoms with Gasteiger partial charge >= 0.3 is 0 Å². The molecule has 1 aromatic carbocycles. The Morgan fingerprint density at radius 3 is 2.91 bits per heavy atom. The molecule has 0 saturated heterocycles. The number of imidazole rings is 1.